The second-order valence-electron chi connectivity index (χ2n) is 7.47. The predicted molar refractivity (Wildman–Crippen MR) is 115 cm³/mol. The van der Waals surface area contributed by atoms with Crippen LogP contribution in [0.5, 0.6) is 0 Å². The van der Waals surface area contributed by atoms with Crippen molar-refractivity contribution in [2.45, 2.75) is 38.3 Å². The Kier molecular flexibility index (Phi) is 5.04. The average Bonchev–Trinajstić information content (AvgIpc) is 2.71. The summed E-state index contributed by atoms with van der Waals surface area (Å²) in [7, 11) is 0. The lowest BCUT2D eigenvalue weighted by atomic mass is 9.77. The van der Waals surface area contributed by atoms with Crippen LogP contribution in [-0.2, 0) is 12.1 Å². The van der Waals surface area contributed by atoms with Crippen LogP contribution in [0.2, 0.25) is 0 Å². The molecule has 1 aliphatic carbocycles. The molecule has 0 bridgehead atoms. The Morgan fingerprint density at radius 2 is 2.03 bits per heavy atom. The lowest BCUT2D eigenvalue weighted by Gasteiger charge is -2.34. The van der Waals surface area contributed by atoms with Gasteiger partial charge in [0.1, 0.15) is 23.6 Å². The number of aliphatic hydroxyl groups is 1. The molecule has 0 radical (unpaired) electrons. The Morgan fingerprint density at radius 1 is 1.27 bits per heavy atom. The number of nitrogens with two attached hydrogens (primary N) is 2. The van der Waals surface area contributed by atoms with Crippen molar-refractivity contribution in [1.82, 2.24) is 9.97 Å². The van der Waals surface area contributed by atoms with Crippen molar-refractivity contribution in [3.63, 3.8) is 0 Å². The van der Waals surface area contributed by atoms with Crippen LogP contribution in [0.25, 0.3) is 10.9 Å². The zero-order valence-corrected chi connectivity index (χ0v) is 16.6. The highest BCUT2D eigenvalue weighted by Gasteiger charge is 2.42. The Morgan fingerprint density at radius 3 is 2.73 bits per heavy atom. The molecule has 0 aliphatic heterocycles. The van der Waals surface area contributed by atoms with Crippen molar-refractivity contribution in [3.05, 3.63) is 64.3 Å². The monoisotopic (exact) mass is 405 g/mol. The number of fused-ring (bicyclic) bond motifs is 1. The number of hydrogen-bond acceptors (Lipinski definition) is 8. The minimum absolute atomic E-state index is 0.101. The van der Waals surface area contributed by atoms with Crippen molar-refractivity contribution in [3.8, 4) is 0 Å². The number of rotatable bonds is 5. The van der Waals surface area contributed by atoms with Gasteiger partial charge in [0, 0.05) is 17.5 Å². The number of nitrogens with zero attached hydrogens (tertiary/aromatic N) is 5. The van der Waals surface area contributed by atoms with Gasteiger partial charge >= 0.3 is 0 Å². The van der Waals surface area contributed by atoms with Gasteiger partial charge in [-0.3, -0.25) is 4.99 Å². The van der Waals surface area contributed by atoms with Crippen molar-refractivity contribution < 1.29 is 9.84 Å². The van der Waals surface area contributed by atoms with Gasteiger partial charge < -0.3 is 21.9 Å². The molecule has 1 aliphatic rings. The molecule has 9 heteroatoms. The first kappa shape index (κ1) is 19.7. The summed E-state index contributed by atoms with van der Waals surface area (Å²) in [5.41, 5.74) is 8.08. The predicted octanol–water partition coefficient (Wildman–Crippen LogP) is 1.46. The van der Waals surface area contributed by atoms with Crippen LogP contribution in [0, 0.1) is 12.1 Å². The van der Waals surface area contributed by atoms with Crippen LogP contribution in [0.4, 0.5) is 5.95 Å². The molecule has 0 unspecified atom stereocenters. The molecule has 9 nitrogen and oxygen atoms in total. The minimum Gasteiger partial charge on any atom is -0.618 e. The number of anilines is 1. The fourth-order valence-electron chi connectivity index (χ4n) is 3.66. The smallest absolute Gasteiger partial charge is 0.224 e. The summed E-state index contributed by atoms with van der Waals surface area (Å²) in [6.07, 6.45) is 3.56. The van der Waals surface area contributed by atoms with E-state index in [4.69, 9.17) is 11.6 Å². The third kappa shape index (κ3) is 3.43. The molecule has 1 aromatic carbocycles. The molecule has 2 heterocycles. The third-order valence-electron chi connectivity index (χ3n) is 5.47. The van der Waals surface area contributed by atoms with Crippen LogP contribution in [0.3, 0.4) is 0 Å². The maximum Gasteiger partial charge on any atom is 0.224 e. The van der Waals surface area contributed by atoms with E-state index >= 15 is 0 Å². The number of hydrazone groups is 1. The second-order valence-corrected chi connectivity index (χ2v) is 7.47. The molecule has 1 saturated carbocycles. The van der Waals surface area contributed by atoms with E-state index < -0.39 is 5.60 Å². The first-order valence-electron chi connectivity index (χ1n) is 9.68. The summed E-state index contributed by atoms with van der Waals surface area (Å²) in [5.74, 6) is 5.71. The normalized spacial score (nSPS) is 16.1. The van der Waals surface area contributed by atoms with Crippen LogP contribution < -0.4 is 16.3 Å². The van der Waals surface area contributed by atoms with Crippen molar-refractivity contribution in [2.24, 2.45) is 15.9 Å². The van der Waals surface area contributed by atoms with Gasteiger partial charge in [0.15, 0.2) is 0 Å². The third-order valence-corrected chi connectivity index (χ3v) is 5.47. The topological polar surface area (TPSA) is 150 Å². The fourth-order valence-corrected chi connectivity index (χ4v) is 3.66. The van der Waals surface area contributed by atoms with Gasteiger partial charge in [0.2, 0.25) is 17.3 Å². The van der Waals surface area contributed by atoms with Crippen molar-refractivity contribution in [1.29, 1.82) is 0 Å². The minimum atomic E-state index is -1.04. The molecule has 0 atom stereocenters. The number of para-hydroxylation sites is 1. The lowest BCUT2D eigenvalue weighted by molar-refractivity contribution is -0.632. The molecule has 1 fully saturated rings. The summed E-state index contributed by atoms with van der Waals surface area (Å²) in [4.78, 5) is 12.9. The van der Waals surface area contributed by atoms with E-state index in [0.717, 1.165) is 22.1 Å². The van der Waals surface area contributed by atoms with E-state index in [9.17, 15) is 10.3 Å². The maximum atomic E-state index is 12.7. The summed E-state index contributed by atoms with van der Waals surface area (Å²) >= 11 is 0. The average molecular weight is 405 g/mol. The number of aryl methyl sites for hydroxylation is 1. The molecule has 2 aromatic heterocycles. The summed E-state index contributed by atoms with van der Waals surface area (Å²) in [6, 6.07) is 10.8. The Hall–Kier alpha value is -3.59. The molecule has 3 aromatic rings. The van der Waals surface area contributed by atoms with E-state index in [0.29, 0.717) is 41.2 Å². The summed E-state index contributed by atoms with van der Waals surface area (Å²) in [6.45, 7) is 2.03. The second kappa shape index (κ2) is 7.68. The van der Waals surface area contributed by atoms with Gasteiger partial charge in [0.25, 0.3) is 0 Å². The lowest BCUT2D eigenvalue weighted by Crippen LogP contribution is -2.48. The summed E-state index contributed by atoms with van der Waals surface area (Å²) in [5, 5.41) is 27.8. The number of aliphatic imine (C=N–C) groups is 1. The molecular formula is C21H23N7O2. The van der Waals surface area contributed by atoms with E-state index in [1.807, 2.05) is 25.1 Å². The van der Waals surface area contributed by atoms with Crippen LogP contribution in [0.15, 0.2) is 46.5 Å². The number of nitrogen functional groups attached to an aromatic ring is 1. The number of benzene rings is 1. The van der Waals surface area contributed by atoms with Gasteiger partial charge in [-0.15, -0.1) is 0 Å². The number of hydrogen-bond donors (Lipinski definition) is 3. The Balaban J connectivity index is 1.63. The van der Waals surface area contributed by atoms with Gasteiger partial charge in [-0.05, 0) is 37.8 Å². The molecular weight excluding hydrogens is 382 g/mol. The Labute approximate surface area is 173 Å². The van der Waals surface area contributed by atoms with Crippen molar-refractivity contribution in [2.75, 3.05) is 5.73 Å². The molecule has 0 spiro atoms. The van der Waals surface area contributed by atoms with Crippen LogP contribution >= 0.6 is 0 Å². The SMILES string of the molecule is Cc1cccc2c(C(C=NCc3cccc(C4(O)CCC4)[n+]3[O-])=NN)nc(N)nc12. The molecule has 0 saturated heterocycles. The van der Waals surface area contributed by atoms with Crippen molar-refractivity contribution >= 4 is 28.8 Å². The number of pyridine rings is 1. The molecule has 0 amide bonds. The highest BCUT2D eigenvalue weighted by atomic mass is 16.5. The van der Waals surface area contributed by atoms with Gasteiger partial charge in [-0.25, -0.2) is 9.97 Å². The van der Waals surface area contributed by atoms with E-state index in [-0.39, 0.29) is 12.5 Å². The quantitative estimate of drug-likeness (QED) is 0.192. The van der Waals surface area contributed by atoms with E-state index in [1.165, 1.54) is 6.21 Å². The zero-order chi connectivity index (χ0) is 21.3. The van der Waals surface area contributed by atoms with Gasteiger partial charge in [-0.2, -0.15) is 9.83 Å². The largest absolute Gasteiger partial charge is 0.618 e. The van der Waals surface area contributed by atoms with Crippen LogP contribution in [-0.4, -0.2) is 27.0 Å². The molecule has 154 valence electrons. The molecule has 4 rings (SSSR count). The fraction of sp³-hybridized carbons (Fsp3) is 0.286. The standard InChI is InChI=1S/C21H23N7O2/c1-13-5-2-7-15-18(13)25-20(22)26-19(15)16(27-23)12-24-11-14-6-3-8-17(28(14)30)21(29)9-4-10-21/h2-3,5-8,12,29H,4,9-11,23H2,1H3,(H2,22,25,26). The first-order chi connectivity index (χ1) is 14.4. The zero-order valence-electron chi connectivity index (χ0n) is 16.6. The number of aromatic nitrogens is 3. The molecule has 5 N–H and O–H groups in total. The van der Waals surface area contributed by atoms with Crippen LogP contribution in [0.1, 0.15) is 41.9 Å². The first-order valence-corrected chi connectivity index (χ1v) is 9.68. The van der Waals surface area contributed by atoms with Gasteiger partial charge in [0.05, 0.1) is 11.7 Å². The molecule has 30 heavy (non-hydrogen) atoms. The highest BCUT2D eigenvalue weighted by molar-refractivity contribution is 6.40. The van der Waals surface area contributed by atoms with E-state index in [1.54, 1.807) is 18.2 Å². The highest BCUT2D eigenvalue weighted by Crippen LogP contribution is 2.39. The maximum absolute atomic E-state index is 12.7. The summed E-state index contributed by atoms with van der Waals surface area (Å²) < 4.78 is 0.761. The van der Waals surface area contributed by atoms with Gasteiger partial charge in [-0.1, -0.05) is 18.2 Å². The Bertz CT molecular complexity index is 1170. The van der Waals surface area contributed by atoms with E-state index in [2.05, 4.69) is 20.1 Å².